The van der Waals surface area contributed by atoms with E-state index in [-0.39, 0.29) is 29.5 Å². The Morgan fingerprint density at radius 3 is 2.65 bits per heavy atom. The Morgan fingerprint density at radius 1 is 1.27 bits per heavy atom. The topological polar surface area (TPSA) is 79.4 Å². The fraction of sp³-hybridized carbons (Fsp3) is 0.368. The molecule has 1 aromatic carbocycles. The molecule has 138 valence electrons. The smallest absolute Gasteiger partial charge is 0.251 e. The van der Waals surface area contributed by atoms with E-state index in [0.29, 0.717) is 17.8 Å². The third-order valence-electron chi connectivity index (χ3n) is 4.77. The van der Waals surface area contributed by atoms with Gasteiger partial charge in [-0.2, -0.15) is 0 Å². The molecule has 1 fully saturated rings. The molecule has 1 aliphatic rings. The Kier molecular flexibility index (Phi) is 5.27. The highest BCUT2D eigenvalue weighted by atomic mass is 32.2. The molecule has 1 aliphatic heterocycles. The monoisotopic (exact) mass is 373 g/mol. The lowest BCUT2D eigenvalue weighted by molar-refractivity contribution is 0.0940. The van der Waals surface area contributed by atoms with E-state index < -0.39 is 9.84 Å². The standard InChI is InChI=1S/C19H23N3O3S/c1-14(15-6-4-3-5-7-15)21-19(23)16-8-10-20-18(12-16)22(2)17-9-11-26(24,25)13-17/h3-8,10,12,14,17H,9,11,13H2,1-2H3,(H,21,23). The van der Waals surface area contributed by atoms with Gasteiger partial charge in [-0.1, -0.05) is 30.3 Å². The van der Waals surface area contributed by atoms with Crippen LogP contribution in [-0.2, 0) is 9.84 Å². The number of benzene rings is 1. The third kappa shape index (κ3) is 4.22. The van der Waals surface area contributed by atoms with E-state index in [1.54, 1.807) is 18.3 Å². The number of carbonyl (C=O) groups excluding carboxylic acids is 1. The van der Waals surface area contributed by atoms with Gasteiger partial charge in [0, 0.05) is 24.8 Å². The van der Waals surface area contributed by atoms with Crippen LogP contribution in [-0.4, -0.2) is 43.9 Å². The minimum atomic E-state index is -2.97. The Hall–Kier alpha value is -2.41. The van der Waals surface area contributed by atoms with Crippen LogP contribution in [0.5, 0.6) is 0 Å². The summed E-state index contributed by atoms with van der Waals surface area (Å²) in [6.07, 6.45) is 2.17. The van der Waals surface area contributed by atoms with Gasteiger partial charge in [0.25, 0.3) is 5.91 Å². The summed E-state index contributed by atoms with van der Waals surface area (Å²) in [5.74, 6) is 0.758. The van der Waals surface area contributed by atoms with Crippen LogP contribution in [0.3, 0.4) is 0 Å². The van der Waals surface area contributed by atoms with Gasteiger partial charge >= 0.3 is 0 Å². The molecule has 0 radical (unpaired) electrons. The number of anilines is 1. The molecule has 0 aliphatic carbocycles. The summed E-state index contributed by atoms with van der Waals surface area (Å²) < 4.78 is 23.4. The number of hydrogen-bond donors (Lipinski definition) is 1. The molecule has 1 aromatic heterocycles. The molecule has 3 rings (SSSR count). The quantitative estimate of drug-likeness (QED) is 0.869. The summed E-state index contributed by atoms with van der Waals surface area (Å²) in [5.41, 5.74) is 1.54. The van der Waals surface area contributed by atoms with Crippen molar-refractivity contribution in [1.29, 1.82) is 0 Å². The average molecular weight is 373 g/mol. The van der Waals surface area contributed by atoms with Gasteiger partial charge in [0.15, 0.2) is 9.84 Å². The zero-order valence-electron chi connectivity index (χ0n) is 14.9. The van der Waals surface area contributed by atoms with Crippen LogP contribution >= 0.6 is 0 Å². The molecule has 6 nitrogen and oxygen atoms in total. The summed E-state index contributed by atoms with van der Waals surface area (Å²) in [6.45, 7) is 1.94. The number of nitrogens with one attached hydrogen (secondary N) is 1. The Bertz CT molecular complexity index is 884. The first kappa shape index (κ1) is 18.4. The van der Waals surface area contributed by atoms with Crippen molar-refractivity contribution < 1.29 is 13.2 Å². The highest BCUT2D eigenvalue weighted by molar-refractivity contribution is 7.91. The van der Waals surface area contributed by atoms with Crippen LogP contribution < -0.4 is 10.2 Å². The molecule has 1 N–H and O–H groups in total. The number of amides is 1. The maximum Gasteiger partial charge on any atom is 0.251 e. The summed E-state index contributed by atoms with van der Waals surface area (Å²) in [5, 5.41) is 2.98. The van der Waals surface area contributed by atoms with Crippen LogP contribution in [0.1, 0.15) is 35.3 Å². The van der Waals surface area contributed by atoms with Gasteiger partial charge in [-0.05, 0) is 31.0 Å². The maximum atomic E-state index is 12.6. The van der Waals surface area contributed by atoms with E-state index in [4.69, 9.17) is 0 Å². The normalized spacial score (nSPS) is 19.7. The van der Waals surface area contributed by atoms with Crippen molar-refractivity contribution in [2.45, 2.75) is 25.4 Å². The fourth-order valence-corrected chi connectivity index (χ4v) is 4.90. The van der Waals surface area contributed by atoms with Crippen molar-refractivity contribution in [3.8, 4) is 0 Å². The lowest BCUT2D eigenvalue weighted by Crippen LogP contribution is -2.33. The highest BCUT2D eigenvalue weighted by Crippen LogP contribution is 2.22. The van der Waals surface area contributed by atoms with Crippen LogP contribution in [0.15, 0.2) is 48.7 Å². The SMILES string of the molecule is CC(NC(=O)c1ccnc(N(C)C2CCS(=O)(=O)C2)c1)c1ccccc1. The zero-order valence-corrected chi connectivity index (χ0v) is 15.7. The molecule has 2 heterocycles. The molecule has 0 spiro atoms. The summed E-state index contributed by atoms with van der Waals surface area (Å²) in [4.78, 5) is 18.7. The van der Waals surface area contributed by atoms with Gasteiger partial charge < -0.3 is 10.2 Å². The molecular weight excluding hydrogens is 350 g/mol. The van der Waals surface area contributed by atoms with E-state index >= 15 is 0 Å². The van der Waals surface area contributed by atoms with Crippen molar-refractivity contribution in [2.75, 3.05) is 23.5 Å². The predicted octanol–water partition coefficient (Wildman–Crippen LogP) is 2.20. The molecule has 1 amide bonds. The summed E-state index contributed by atoms with van der Waals surface area (Å²) >= 11 is 0. The lowest BCUT2D eigenvalue weighted by atomic mass is 10.1. The first-order chi connectivity index (χ1) is 12.4. The largest absolute Gasteiger partial charge is 0.356 e. The maximum absolute atomic E-state index is 12.6. The lowest BCUT2D eigenvalue weighted by Gasteiger charge is -2.24. The Labute approximate surface area is 154 Å². The molecule has 2 unspecified atom stereocenters. The van der Waals surface area contributed by atoms with Gasteiger partial charge in [-0.25, -0.2) is 13.4 Å². The second-order valence-electron chi connectivity index (χ2n) is 6.68. The van der Waals surface area contributed by atoms with Gasteiger partial charge in [0.05, 0.1) is 17.5 Å². The van der Waals surface area contributed by atoms with E-state index in [1.165, 1.54) is 0 Å². The second-order valence-corrected chi connectivity index (χ2v) is 8.91. The van der Waals surface area contributed by atoms with E-state index in [0.717, 1.165) is 5.56 Å². The highest BCUT2D eigenvalue weighted by Gasteiger charge is 2.31. The second kappa shape index (κ2) is 7.45. The van der Waals surface area contributed by atoms with E-state index in [2.05, 4.69) is 10.3 Å². The zero-order chi connectivity index (χ0) is 18.7. The van der Waals surface area contributed by atoms with Crippen LogP contribution in [0.4, 0.5) is 5.82 Å². The average Bonchev–Trinajstić information content (AvgIpc) is 3.01. The van der Waals surface area contributed by atoms with Crippen molar-refractivity contribution in [1.82, 2.24) is 10.3 Å². The van der Waals surface area contributed by atoms with Crippen molar-refractivity contribution in [3.05, 3.63) is 59.8 Å². The molecule has 7 heteroatoms. The van der Waals surface area contributed by atoms with Crippen molar-refractivity contribution in [3.63, 3.8) is 0 Å². The van der Waals surface area contributed by atoms with Gasteiger partial charge in [0.2, 0.25) is 0 Å². The van der Waals surface area contributed by atoms with Gasteiger partial charge in [-0.15, -0.1) is 0 Å². The summed E-state index contributed by atoms with van der Waals surface area (Å²) in [6, 6.07) is 12.9. The number of nitrogens with zero attached hydrogens (tertiary/aromatic N) is 2. The molecule has 1 saturated heterocycles. The molecular formula is C19H23N3O3S. The minimum Gasteiger partial charge on any atom is -0.356 e. The van der Waals surface area contributed by atoms with Crippen LogP contribution in [0.2, 0.25) is 0 Å². The molecule has 26 heavy (non-hydrogen) atoms. The number of rotatable bonds is 5. The van der Waals surface area contributed by atoms with Crippen molar-refractivity contribution >= 4 is 21.6 Å². The van der Waals surface area contributed by atoms with Gasteiger partial charge in [-0.3, -0.25) is 4.79 Å². The van der Waals surface area contributed by atoms with Crippen molar-refractivity contribution in [2.24, 2.45) is 0 Å². The number of carbonyl (C=O) groups is 1. The first-order valence-electron chi connectivity index (χ1n) is 8.61. The molecule has 0 saturated carbocycles. The van der Waals surface area contributed by atoms with Crippen LogP contribution in [0.25, 0.3) is 0 Å². The van der Waals surface area contributed by atoms with E-state index in [9.17, 15) is 13.2 Å². The number of sulfone groups is 1. The van der Waals surface area contributed by atoms with Crippen LogP contribution in [0, 0.1) is 0 Å². The number of pyridine rings is 1. The molecule has 0 bridgehead atoms. The number of aromatic nitrogens is 1. The number of hydrogen-bond acceptors (Lipinski definition) is 5. The fourth-order valence-electron chi connectivity index (χ4n) is 3.13. The Balaban J connectivity index is 1.71. The Morgan fingerprint density at radius 2 is 2.00 bits per heavy atom. The molecule has 2 aromatic rings. The predicted molar refractivity (Wildman–Crippen MR) is 102 cm³/mol. The third-order valence-corrected chi connectivity index (χ3v) is 6.52. The first-order valence-corrected chi connectivity index (χ1v) is 10.4. The molecule has 2 atom stereocenters. The van der Waals surface area contributed by atoms with E-state index in [1.807, 2.05) is 49.2 Å². The van der Waals surface area contributed by atoms with Gasteiger partial charge in [0.1, 0.15) is 5.82 Å². The summed E-state index contributed by atoms with van der Waals surface area (Å²) in [7, 11) is -1.15. The minimum absolute atomic E-state index is 0.103.